The number of rotatable bonds is 9. The average Bonchev–Trinajstić information content (AvgIpc) is 2.35. The number of unbranched alkanes of at least 4 members (excludes halogenated alkanes) is 1. The molecule has 0 heterocycles. The number of hydrogen-bond donors (Lipinski definition) is 1. The summed E-state index contributed by atoms with van der Waals surface area (Å²) in [6.45, 7) is 9.89. The zero-order valence-electron chi connectivity index (χ0n) is 12.0. The lowest BCUT2D eigenvalue weighted by molar-refractivity contribution is -0.137. The Hall–Kier alpha value is -0.570. The van der Waals surface area contributed by atoms with Gasteiger partial charge in [0, 0.05) is 19.1 Å². The number of carbonyl (C=O) groups excluding carboxylic acids is 1. The molecule has 0 aliphatic heterocycles. The van der Waals surface area contributed by atoms with Crippen molar-refractivity contribution in [2.75, 3.05) is 13.1 Å². The van der Waals surface area contributed by atoms with Crippen LogP contribution in [0.2, 0.25) is 0 Å². The summed E-state index contributed by atoms with van der Waals surface area (Å²) >= 11 is 0. The van der Waals surface area contributed by atoms with Crippen molar-refractivity contribution in [3.8, 4) is 0 Å². The number of carbonyl (C=O) groups is 1. The summed E-state index contributed by atoms with van der Waals surface area (Å²) in [5.74, 6) is 0.281. The second-order valence-electron chi connectivity index (χ2n) is 4.86. The monoisotopic (exact) mass is 242 g/mol. The molecule has 0 aliphatic rings. The standard InChI is InChI=1S/C14H30N2O/c1-5-8-10-16(12(4)7-3)14(17)13(11-15)9-6-2/h12-13H,5-11,15H2,1-4H3. The van der Waals surface area contributed by atoms with Crippen LogP contribution >= 0.6 is 0 Å². The maximum absolute atomic E-state index is 12.4. The molecule has 1 amide bonds. The summed E-state index contributed by atoms with van der Waals surface area (Å²) in [5.41, 5.74) is 5.72. The molecule has 2 N–H and O–H groups in total. The summed E-state index contributed by atoms with van der Waals surface area (Å²) in [5, 5.41) is 0. The maximum atomic E-state index is 12.4. The van der Waals surface area contributed by atoms with Crippen LogP contribution in [0.1, 0.15) is 59.8 Å². The Labute approximate surface area is 107 Å². The smallest absolute Gasteiger partial charge is 0.227 e. The summed E-state index contributed by atoms with van der Waals surface area (Å²) in [6.07, 6.45) is 5.16. The molecule has 2 atom stereocenters. The Kier molecular flexibility index (Phi) is 9.14. The van der Waals surface area contributed by atoms with Gasteiger partial charge in [0.05, 0.1) is 5.92 Å². The maximum Gasteiger partial charge on any atom is 0.227 e. The van der Waals surface area contributed by atoms with Crippen LogP contribution < -0.4 is 5.73 Å². The lowest BCUT2D eigenvalue weighted by Crippen LogP contribution is -2.44. The topological polar surface area (TPSA) is 46.3 Å². The largest absolute Gasteiger partial charge is 0.340 e. The fourth-order valence-corrected chi connectivity index (χ4v) is 2.02. The minimum absolute atomic E-state index is 0.0193. The van der Waals surface area contributed by atoms with Crippen LogP contribution in [-0.2, 0) is 4.79 Å². The predicted molar refractivity (Wildman–Crippen MR) is 73.8 cm³/mol. The van der Waals surface area contributed by atoms with Gasteiger partial charge in [-0.15, -0.1) is 0 Å². The zero-order valence-corrected chi connectivity index (χ0v) is 12.0. The minimum atomic E-state index is 0.0193. The molecule has 0 bridgehead atoms. The number of amides is 1. The van der Waals surface area contributed by atoms with Gasteiger partial charge < -0.3 is 10.6 Å². The summed E-state index contributed by atoms with van der Waals surface area (Å²) < 4.78 is 0. The van der Waals surface area contributed by atoms with Crippen molar-refractivity contribution < 1.29 is 4.79 Å². The highest BCUT2D eigenvalue weighted by Crippen LogP contribution is 2.14. The normalized spacial score (nSPS) is 14.4. The van der Waals surface area contributed by atoms with Crippen molar-refractivity contribution in [3.05, 3.63) is 0 Å². The van der Waals surface area contributed by atoms with E-state index in [0.717, 1.165) is 38.6 Å². The molecule has 3 nitrogen and oxygen atoms in total. The Morgan fingerprint density at radius 1 is 1.24 bits per heavy atom. The van der Waals surface area contributed by atoms with Gasteiger partial charge in [-0.25, -0.2) is 0 Å². The fourth-order valence-electron chi connectivity index (χ4n) is 2.02. The van der Waals surface area contributed by atoms with Crippen molar-refractivity contribution in [1.29, 1.82) is 0 Å². The molecule has 2 unspecified atom stereocenters. The van der Waals surface area contributed by atoms with E-state index < -0.39 is 0 Å². The van der Waals surface area contributed by atoms with Crippen molar-refractivity contribution in [2.45, 2.75) is 65.8 Å². The quantitative estimate of drug-likeness (QED) is 0.676. The van der Waals surface area contributed by atoms with Gasteiger partial charge in [0.2, 0.25) is 5.91 Å². The highest BCUT2D eigenvalue weighted by molar-refractivity contribution is 5.79. The lowest BCUT2D eigenvalue weighted by Gasteiger charge is -2.31. The Balaban J connectivity index is 4.58. The van der Waals surface area contributed by atoms with Crippen LogP contribution in [0, 0.1) is 5.92 Å². The molecule has 0 radical (unpaired) electrons. The third kappa shape index (κ3) is 5.53. The molecular formula is C14H30N2O. The van der Waals surface area contributed by atoms with Crippen molar-refractivity contribution in [3.63, 3.8) is 0 Å². The first-order chi connectivity index (χ1) is 8.12. The van der Waals surface area contributed by atoms with Crippen LogP contribution in [0.3, 0.4) is 0 Å². The van der Waals surface area contributed by atoms with Crippen LogP contribution in [-0.4, -0.2) is 29.9 Å². The van der Waals surface area contributed by atoms with Gasteiger partial charge in [-0.3, -0.25) is 4.79 Å². The number of hydrogen-bond acceptors (Lipinski definition) is 2. The number of nitrogens with zero attached hydrogens (tertiary/aromatic N) is 1. The third-order valence-corrected chi connectivity index (χ3v) is 3.43. The minimum Gasteiger partial charge on any atom is -0.340 e. The Bertz CT molecular complexity index is 206. The van der Waals surface area contributed by atoms with Gasteiger partial charge in [-0.1, -0.05) is 33.6 Å². The summed E-state index contributed by atoms with van der Waals surface area (Å²) in [7, 11) is 0. The van der Waals surface area contributed by atoms with Gasteiger partial charge in [0.25, 0.3) is 0 Å². The van der Waals surface area contributed by atoms with Crippen LogP contribution in [0.4, 0.5) is 0 Å². The third-order valence-electron chi connectivity index (χ3n) is 3.43. The average molecular weight is 242 g/mol. The highest BCUT2D eigenvalue weighted by atomic mass is 16.2. The first-order valence-electron chi connectivity index (χ1n) is 7.12. The second-order valence-corrected chi connectivity index (χ2v) is 4.86. The van der Waals surface area contributed by atoms with Crippen molar-refractivity contribution >= 4 is 5.91 Å². The molecule has 0 rings (SSSR count). The van der Waals surface area contributed by atoms with E-state index in [0.29, 0.717) is 12.6 Å². The highest BCUT2D eigenvalue weighted by Gasteiger charge is 2.24. The van der Waals surface area contributed by atoms with Crippen LogP contribution in [0.5, 0.6) is 0 Å². The molecular weight excluding hydrogens is 212 g/mol. The first-order valence-corrected chi connectivity index (χ1v) is 7.12. The van der Waals surface area contributed by atoms with E-state index in [4.69, 9.17) is 5.73 Å². The van der Waals surface area contributed by atoms with E-state index in [2.05, 4.69) is 27.7 Å². The molecule has 17 heavy (non-hydrogen) atoms. The van der Waals surface area contributed by atoms with E-state index in [1.165, 1.54) is 0 Å². The van der Waals surface area contributed by atoms with Crippen LogP contribution in [0.25, 0.3) is 0 Å². The van der Waals surface area contributed by atoms with E-state index in [-0.39, 0.29) is 11.8 Å². The zero-order chi connectivity index (χ0) is 13.3. The van der Waals surface area contributed by atoms with E-state index in [1.807, 2.05) is 4.90 Å². The van der Waals surface area contributed by atoms with Gasteiger partial charge >= 0.3 is 0 Å². The number of nitrogens with two attached hydrogens (primary N) is 1. The predicted octanol–water partition coefficient (Wildman–Crippen LogP) is 2.79. The molecule has 0 aliphatic carbocycles. The van der Waals surface area contributed by atoms with Crippen molar-refractivity contribution in [2.24, 2.45) is 11.7 Å². The van der Waals surface area contributed by atoms with E-state index in [1.54, 1.807) is 0 Å². The fraction of sp³-hybridized carbons (Fsp3) is 0.929. The molecule has 102 valence electrons. The molecule has 0 saturated carbocycles. The molecule has 3 heteroatoms. The molecule has 0 fully saturated rings. The molecule has 0 aromatic carbocycles. The molecule has 0 spiro atoms. The first kappa shape index (κ1) is 16.4. The molecule has 0 aromatic rings. The molecule has 0 aromatic heterocycles. The van der Waals surface area contributed by atoms with Crippen LogP contribution in [0.15, 0.2) is 0 Å². The Morgan fingerprint density at radius 2 is 1.88 bits per heavy atom. The van der Waals surface area contributed by atoms with Gasteiger partial charge in [-0.05, 0) is 26.2 Å². The lowest BCUT2D eigenvalue weighted by atomic mass is 10.0. The van der Waals surface area contributed by atoms with E-state index in [9.17, 15) is 4.79 Å². The van der Waals surface area contributed by atoms with Gasteiger partial charge in [0.1, 0.15) is 0 Å². The summed E-state index contributed by atoms with van der Waals surface area (Å²) in [4.78, 5) is 14.5. The van der Waals surface area contributed by atoms with E-state index >= 15 is 0 Å². The second kappa shape index (κ2) is 9.46. The van der Waals surface area contributed by atoms with Crippen molar-refractivity contribution in [1.82, 2.24) is 4.90 Å². The van der Waals surface area contributed by atoms with Gasteiger partial charge in [0.15, 0.2) is 0 Å². The van der Waals surface area contributed by atoms with Gasteiger partial charge in [-0.2, -0.15) is 0 Å². The SMILES string of the molecule is CCCCN(C(=O)C(CN)CCC)C(C)CC. The Morgan fingerprint density at radius 3 is 2.29 bits per heavy atom. The molecule has 0 saturated heterocycles. The summed E-state index contributed by atoms with van der Waals surface area (Å²) in [6, 6.07) is 0.333.